The van der Waals surface area contributed by atoms with Crippen LogP contribution in [0.1, 0.15) is 38.4 Å². The van der Waals surface area contributed by atoms with Crippen molar-refractivity contribution in [1.29, 1.82) is 0 Å². The number of hydrogen-bond acceptors (Lipinski definition) is 5. The maximum atomic E-state index is 12.1. The van der Waals surface area contributed by atoms with E-state index < -0.39 is 11.4 Å². The Hall–Kier alpha value is -2.22. The zero-order valence-electron chi connectivity index (χ0n) is 14.1. The van der Waals surface area contributed by atoms with Crippen molar-refractivity contribution in [3.8, 4) is 0 Å². The molecule has 2 N–H and O–H groups in total. The monoisotopic (exact) mass is 333 g/mol. The van der Waals surface area contributed by atoms with Gasteiger partial charge in [-0.1, -0.05) is 13.3 Å². The van der Waals surface area contributed by atoms with Crippen molar-refractivity contribution in [2.45, 2.75) is 39.2 Å². The Balaban J connectivity index is 1.84. The van der Waals surface area contributed by atoms with E-state index in [1.54, 1.807) is 11.7 Å². The van der Waals surface area contributed by atoms with Crippen molar-refractivity contribution < 1.29 is 9.90 Å². The summed E-state index contributed by atoms with van der Waals surface area (Å²) in [6, 6.07) is 0. The van der Waals surface area contributed by atoms with Gasteiger partial charge >= 0.3 is 5.97 Å². The third kappa shape index (κ3) is 2.93. The SMILES string of the molecule is CCC[C@@]1(C(=O)O)CCCN(Cc2nc3c(cnn3C)c(=O)[nH]2)C1. The van der Waals surface area contributed by atoms with Crippen LogP contribution in [0.2, 0.25) is 0 Å². The molecule has 0 spiro atoms. The van der Waals surface area contributed by atoms with Crippen LogP contribution >= 0.6 is 0 Å². The van der Waals surface area contributed by atoms with Gasteiger partial charge in [-0.3, -0.25) is 19.2 Å². The molecular weight excluding hydrogens is 310 g/mol. The van der Waals surface area contributed by atoms with Gasteiger partial charge in [-0.05, 0) is 25.8 Å². The summed E-state index contributed by atoms with van der Waals surface area (Å²) in [4.78, 5) is 33.3. The minimum absolute atomic E-state index is 0.210. The predicted molar refractivity (Wildman–Crippen MR) is 88.6 cm³/mol. The van der Waals surface area contributed by atoms with Crippen molar-refractivity contribution in [2.24, 2.45) is 12.5 Å². The first-order valence-corrected chi connectivity index (χ1v) is 8.32. The van der Waals surface area contributed by atoms with Crippen molar-refractivity contribution in [2.75, 3.05) is 13.1 Å². The summed E-state index contributed by atoms with van der Waals surface area (Å²) in [6.07, 6.45) is 4.56. The quantitative estimate of drug-likeness (QED) is 0.850. The highest BCUT2D eigenvalue weighted by Crippen LogP contribution is 2.35. The number of aliphatic carboxylic acids is 1. The molecule has 24 heavy (non-hydrogen) atoms. The fraction of sp³-hybridized carbons (Fsp3) is 0.625. The number of carbonyl (C=O) groups is 1. The molecule has 8 heteroatoms. The van der Waals surface area contributed by atoms with Gasteiger partial charge in [0.15, 0.2) is 5.65 Å². The van der Waals surface area contributed by atoms with Crippen molar-refractivity contribution in [3.05, 3.63) is 22.4 Å². The molecule has 3 heterocycles. The number of fused-ring (bicyclic) bond motifs is 1. The minimum Gasteiger partial charge on any atom is -0.481 e. The van der Waals surface area contributed by atoms with Gasteiger partial charge in [0.2, 0.25) is 0 Å². The van der Waals surface area contributed by atoms with E-state index in [0.29, 0.717) is 42.8 Å². The molecule has 1 atom stereocenters. The van der Waals surface area contributed by atoms with Gasteiger partial charge in [0.25, 0.3) is 5.56 Å². The summed E-state index contributed by atoms with van der Waals surface area (Å²) in [6.45, 7) is 3.75. The molecule has 1 saturated heterocycles. The molecule has 2 aromatic rings. The van der Waals surface area contributed by atoms with Crippen LogP contribution < -0.4 is 5.56 Å². The van der Waals surface area contributed by atoms with Crippen LogP contribution in [0.25, 0.3) is 11.0 Å². The number of hydrogen-bond donors (Lipinski definition) is 2. The Morgan fingerprint density at radius 3 is 3.00 bits per heavy atom. The second kappa shape index (κ2) is 6.35. The number of carboxylic acid groups (broad SMARTS) is 1. The van der Waals surface area contributed by atoms with Crippen LogP contribution in [0, 0.1) is 5.41 Å². The number of rotatable bonds is 5. The third-order valence-electron chi connectivity index (χ3n) is 4.86. The van der Waals surface area contributed by atoms with Crippen LogP contribution in [-0.4, -0.2) is 48.8 Å². The molecule has 0 bridgehead atoms. The highest BCUT2D eigenvalue weighted by molar-refractivity contribution is 5.75. The van der Waals surface area contributed by atoms with Crippen molar-refractivity contribution in [1.82, 2.24) is 24.6 Å². The molecule has 8 nitrogen and oxygen atoms in total. The average Bonchev–Trinajstić information content (AvgIpc) is 2.90. The lowest BCUT2D eigenvalue weighted by Gasteiger charge is -2.39. The smallest absolute Gasteiger partial charge is 0.310 e. The van der Waals surface area contributed by atoms with Crippen molar-refractivity contribution >= 4 is 17.0 Å². The van der Waals surface area contributed by atoms with Crippen LogP contribution in [0.4, 0.5) is 0 Å². The number of piperidine rings is 1. The molecule has 0 saturated carbocycles. The van der Waals surface area contributed by atoms with Gasteiger partial charge in [0.1, 0.15) is 11.2 Å². The van der Waals surface area contributed by atoms with Gasteiger partial charge in [-0.25, -0.2) is 4.98 Å². The Kier molecular flexibility index (Phi) is 4.40. The average molecular weight is 333 g/mol. The number of nitrogens with zero attached hydrogens (tertiary/aromatic N) is 4. The minimum atomic E-state index is -0.724. The Morgan fingerprint density at radius 1 is 1.50 bits per heavy atom. The third-order valence-corrected chi connectivity index (χ3v) is 4.86. The van der Waals surface area contributed by atoms with Crippen LogP contribution in [0.3, 0.4) is 0 Å². The molecule has 0 radical (unpaired) electrons. The predicted octanol–water partition coefficient (Wildman–Crippen LogP) is 1.12. The summed E-state index contributed by atoms with van der Waals surface area (Å²) in [5.41, 5.74) is -0.355. The number of carboxylic acids is 1. The maximum absolute atomic E-state index is 12.1. The topological polar surface area (TPSA) is 104 Å². The summed E-state index contributed by atoms with van der Waals surface area (Å²) in [7, 11) is 1.75. The Morgan fingerprint density at radius 2 is 2.29 bits per heavy atom. The Labute approximate surface area is 139 Å². The molecule has 130 valence electrons. The number of aromatic amines is 1. The lowest BCUT2D eigenvalue weighted by atomic mass is 9.76. The van der Waals surface area contributed by atoms with Crippen LogP contribution in [0.15, 0.2) is 11.0 Å². The second-order valence-corrected chi connectivity index (χ2v) is 6.67. The number of H-pyrrole nitrogens is 1. The van der Waals surface area contributed by atoms with E-state index in [2.05, 4.69) is 20.0 Å². The highest BCUT2D eigenvalue weighted by atomic mass is 16.4. The normalized spacial score (nSPS) is 22.1. The van der Waals surface area contributed by atoms with E-state index in [1.165, 1.54) is 6.20 Å². The Bertz CT molecular complexity index is 808. The van der Waals surface area contributed by atoms with E-state index >= 15 is 0 Å². The summed E-state index contributed by atoms with van der Waals surface area (Å²) in [5, 5.41) is 14.2. The maximum Gasteiger partial charge on any atom is 0.310 e. The number of likely N-dealkylation sites (tertiary alicyclic amines) is 1. The molecule has 0 aliphatic carbocycles. The molecular formula is C16H23N5O3. The van der Waals surface area contributed by atoms with Crippen LogP contribution in [-0.2, 0) is 18.4 Å². The molecule has 0 amide bonds. The van der Waals surface area contributed by atoms with Crippen molar-refractivity contribution in [3.63, 3.8) is 0 Å². The standard InChI is InChI=1S/C16H23N5O3/c1-3-5-16(15(23)24)6-4-7-21(10-16)9-12-18-13-11(14(22)19-12)8-17-20(13)2/h8H,3-7,9-10H2,1-2H3,(H,23,24)(H,18,19,22)/t16-/m1/s1. The van der Waals surface area contributed by atoms with Crippen LogP contribution in [0.5, 0.6) is 0 Å². The van der Waals surface area contributed by atoms with E-state index in [0.717, 1.165) is 19.4 Å². The van der Waals surface area contributed by atoms with E-state index in [4.69, 9.17) is 0 Å². The highest BCUT2D eigenvalue weighted by Gasteiger charge is 2.41. The van der Waals surface area contributed by atoms with E-state index in [-0.39, 0.29) is 5.56 Å². The second-order valence-electron chi connectivity index (χ2n) is 6.67. The largest absolute Gasteiger partial charge is 0.481 e. The fourth-order valence-electron chi connectivity index (χ4n) is 3.69. The van der Waals surface area contributed by atoms with Gasteiger partial charge < -0.3 is 10.1 Å². The zero-order chi connectivity index (χ0) is 17.3. The fourth-order valence-corrected chi connectivity index (χ4v) is 3.69. The van der Waals surface area contributed by atoms with Gasteiger partial charge in [-0.2, -0.15) is 5.10 Å². The van der Waals surface area contributed by atoms with Gasteiger partial charge in [0.05, 0.1) is 18.2 Å². The molecule has 3 rings (SSSR count). The summed E-state index contributed by atoms with van der Waals surface area (Å²) >= 11 is 0. The van der Waals surface area contributed by atoms with Gasteiger partial charge in [0, 0.05) is 13.6 Å². The molecule has 0 aromatic carbocycles. The first-order valence-electron chi connectivity index (χ1n) is 8.32. The number of nitrogens with one attached hydrogen (secondary N) is 1. The first-order chi connectivity index (χ1) is 11.4. The van der Waals surface area contributed by atoms with E-state index in [1.807, 2.05) is 6.92 Å². The molecule has 2 aromatic heterocycles. The molecule has 1 fully saturated rings. The zero-order valence-corrected chi connectivity index (χ0v) is 14.1. The summed E-state index contributed by atoms with van der Waals surface area (Å²) in [5.74, 6) is -0.175. The number of aromatic nitrogens is 4. The number of aryl methyl sites for hydroxylation is 1. The van der Waals surface area contributed by atoms with E-state index in [9.17, 15) is 14.7 Å². The molecule has 1 aliphatic heterocycles. The lowest BCUT2D eigenvalue weighted by Crippen LogP contribution is -2.47. The summed E-state index contributed by atoms with van der Waals surface area (Å²) < 4.78 is 1.57. The molecule has 0 unspecified atom stereocenters. The molecule has 1 aliphatic rings. The first kappa shape index (κ1) is 16.6. The van der Waals surface area contributed by atoms with Gasteiger partial charge in [-0.15, -0.1) is 0 Å². The lowest BCUT2D eigenvalue weighted by molar-refractivity contribution is -0.153.